The van der Waals surface area contributed by atoms with Crippen LogP contribution in [0.15, 0.2) is 158 Å². The largest absolute Gasteiger partial charge is 0.472 e. The Balaban J connectivity index is 4.32. The van der Waals surface area contributed by atoms with E-state index in [1.165, 1.54) is 19.3 Å². The topological polar surface area (TPSA) is 108 Å². The van der Waals surface area contributed by atoms with Crippen LogP contribution in [0.1, 0.15) is 194 Å². The molecule has 0 bridgehead atoms. The Bertz CT molecular complexity index is 1840. The molecule has 0 saturated heterocycles. The molecule has 0 radical (unpaired) electrons. The zero-order valence-electron chi connectivity index (χ0n) is 48.4. The van der Waals surface area contributed by atoms with Crippen LogP contribution in [0, 0.1) is 0 Å². The molecule has 9 nitrogen and oxygen atoms in total. The third kappa shape index (κ3) is 58.9. The number of phosphoric ester groups is 1. The molecular formula is C66H107NO8P+. The van der Waals surface area contributed by atoms with Crippen molar-refractivity contribution in [3.8, 4) is 0 Å². The van der Waals surface area contributed by atoms with Gasteiger partial charge in [-0.1, -0.05) is 217 Å². The summed E-state index contributed by atoms with van der Waals surface area (Å²) in [7, 11) is 1.42. The summed E-state index contributed by atoms with van der Waals surface area (Å²) >= 11 is 0. The first-order chi connectivity index (χ1) is 37.0. The number of ether oxygens (including phenoxy) is 2. The first kappa shape index (κ1) is 71.6. The number of hydrogen-bond acceptors (Lipinski definition) is 7. The van der Waals surface area contributed by atoms with Gasteiger partial charge in [0.25, 0.3) is 0 Å². The molecule has 0 saturated carbocycles. The predicted molar refractivity (Wildman–Crippen MR) is 325 cm³/mol. The van der Waals surface area contributed by atoms with Crippen LogP contribution in [0.25, 0.3) is 0 Å². The average Bonchev–Trinajstić information content (AvgIpc) is 3.38. The van der Waals surface area contributed by atoms with E-state index in [1.807, 2.05) is 21.1 Å². The van der Waals surface area contributed by atoms with Gasteiger partial charge in [-0.3, -0.25) is 18.6 Å². The van der Waals surface area contributed by atoms with Crippen molar-refractivity contribution in [3.05, 3.63) is 158 Å². The number of phosphoric acid groups is 1. The van der Waals surface area contributed by atoms with E-state index < -0.39 is 32.5 Å². The van der Waals surface area contributed by atoms with E-state index >= 15 is 0 Å². The third-order valence-electron chi connectivity index (χ3n) is 11.6. The maximum Gasteiger partial charge on any atom is 0.472 e. The molecule has 2 unspecified atom stereocenters. The minimum Gasteiger partial charge on any atom is -0.462 e. The average molecular weight is 1070 g/mol. The molecule has 1 N–H and O–H groups in total. The number of carbonyl (C=O) groups excluding carboxylic acids is 2. The van der Waals surface area contributed by atoms with Crippen molar-refractivity contribution >= 4 is 19.8 Å². The molecule has 0 amide bonds. The Morgan fingerprint density at radius 1 is 0.408 bits per heavy atom. The Morgan fingerprint density at radius 3 is 1.05 bits per heavy atom. The molecule has 0 rings (SSSR count). The third-order valence-corrected chi connectivity index (χ3v) is 12.5. The summed E-state index contributed by atoms with van der Waals surface area (Å²) in [5, 5.41) is 0. The normalized spacial score (nSPS) is 14.4. The summed E-state index contributed by atoms with van der Waals surface area (Å²) in [5.74, 6) is -0.854. The van der Waals surface area contributed by atoms with Gasteiger partial charge < -0.3 is 18.9 Å². The SMILES string of the molecule is CC/C=C\C/C=C\C/C=C\C/C=C\C/C=C\C/C=C\C/C=C\C/C=C\CCCCCCC(=O)OC(COC(=O)CCCCCCCCC/C=C\C/C=C\C/C=C\C/C=C\C/C=C\CC)COP(=O)(O)OCC[N+](C)(C)C. The highest BCUT2D eigenvalue weighted by atomic mass is 31.2. The van der Waals surface area contributed by atoms with Gasteiger partial charge in [0.1, 0.15) is 19.8 Å². The molecule has 0 aliphatic carbocycles. The Labute approximate surface area is 465 Å². The summed E-state index contributed by atoms with van der Waals surface area (Å²) in [6.07, 6.45) is 83.0. The molecule has 0 aliphatic rings. The predicted octanol–water partition coefficient (Wildman–Crippen LogP) is 18.5. The van der Waals surface area contributed by atoms with Crippen LogP contribution in [-0.4, -0.2) is 74.9 Å². The van der Waals surface area contributed by atoms with Crippen molar-refractivity contribution in [2.45, 2.75) is 200 Å². The highest BCUT2D eigenvalue weighted by Crippen LogP contribution is 2.43. The van der Waals surface area contributed by atoms with Crippen molar-refractivity contribution in [1.29, 1.82) is 0 Å². The number of hydrogen-bond donors (Lipinski definition) is 1. The molecule has 0 fully saturated rings. The van der Waals surface area contributed by atoms with E-state index in [1.54, 1.807) is 0 Å². The van der Waals surface area contributed by atoms with Gasteiger partial charge in [-0.05, 0) is 122 Å². The lowest BCUT2D eigenvalue weighted by Crippen LogP contribution is -2.37. The zero-order chi connectivity index (χ0) is 55.6. The molecule has 428 valence electrons. The number of allylic oxidation sites excluding steroid dienone is 26. The highest BCUT2D eigenvalue weighted by molar-refractivity contribution is 7.47. The van der Waals surface area contributed by atoms with Crippen LogP contribution in [0.5, 0.6) is 0 Å². The van der Waals surface area contributed by atoms with Crippen LogP contribution in [-0.2, 0) is 32.7 Å². The van der Waals surface area contributed by atoms with Crippen LogP contribution in [0.3, 0.4) is 0 Å². The standard InChI is InChI=1S/C66H106NO8P/c1-6-8-10-12-14-16-18-20-22-24-26-28-30-31-32-33-34-35-37-39-41-43-45-47-49-51-53-55-57-59-66(69)75-64(63-74-76(70,71)73-61-60-67(3,4)5)62-72-65(68)58-56-54-52-50-48-46-44-42-40-38-36-29-27-25-23-21-19-17-15-13-11-9-7-2/h8-11,14-17,20-23,26-29,31-32,34-35,38-41,45,47,64H,6-7,12-13,18-19,24-25,30,33,36-37,42-44,46,48-63H2,1-5H3/p+1/b10-8-,11-9-,16-14-,17-15-,22-20-,23-21-,28-26-,29-27-,32-31-,35-34-,40-38-,41-39-,47-45-. The summed E-state index contributed by atoms with van der Waals surface area (Å²) in [4.78, 5) is 35.7. The van der Waals surface area contributed by atoms with Crippen LogP contribution >= 0.6 is 7.82 Å². The molecule has 76 heavy (non-hydrogen) atoms. The first-order valence-electron chi connectivity index (χ1n) is 29.2. The lowest BCUT2D eigenvalue weighted by molar-refractivity contribution is -0.870. The smallest absolute Gasteiger partial charge is 0.462 e. The van der Waals surface area contributed by atoms with Crippen LogP contribution in [0.2, 0.25) is 0 Å². The van der Waals surface area contributed by atoms with Crippen molar-refractivity contribution in [3.63, 3.8) is 0 Å². The molecule has 0 spiro atoms. The van der Waals surface area contributed by atoms with Crippen molar-refractivity contribution in [1.82, 2.24) is 0 Å². The monoisotopic (exact) mass is 1070 g/mol. The van der Waals surface area contributed by atoms with E-state index in [0.29, 0.717) is 23.9 Å². The number of quaternary nitrogens is 1. The second-order valence-corrected chi connectivity index (χ2v) is 21.4. The lowest BCUT2D eigenvalue weighted by atomic mass is 10.1. The summed E-state index contributed by atoms with van der Waals surface area (Å²) in [6.45, 7) is 4.13. The van der Waals surface area contributed by atoms with Gasteiger partial charge in [0.15, 0.2) is 6.10 Å². The van der Waals surface area contributed by atoms with Gasteiger partial charge in [-0.15, -0.1) is 0 Å². The number of carbonyl (C=O) groups is 2. The molecule has 0 aromatic rings. The maximum absolute atomic E-state index is 12.8. The van der Waals surface area contributed by atoms with Gasteiger partial charge in [-0.2, -0.15) is 0 Å². The fraction of sp³-hybridized carbons (Fsp3) is 0.576. The minimum absolute atomic E-state index is 0.0143. The second kappa shape index (κ2) is 55.4. The highest BCUT2D eigenvalue weighted by Gasteiger charge is 2.27. The molecule has 0 aromatic carbocycles. The Kier molecular flexibility index (Phi) is 52.2. The van der Waals surface area contributed by atoms with Gasteiger partial charge >= 0.3 is 19.8 Å². The Morgan fingerprint density at radius 2 is 0.711 bits per heavy atom. The van der Waals surface area contributed by atoms with E-state index in [0.717, 1.165) is 135 Å². The van der Waals surface area contributed by atoms with E-state index in [-0.39, 0.29) is 26.1 Å². The van der Waals surface area contributed by atoms with Crippen molar-refractivity contribution < 1.29 is 42.1 Å². The van der Waals surface area contributed by atoms with Crippen LogP contribution < -0.4 is 0 Å². The molecule has 0 heterocycles. The summed E-state index contributed by atoms with van der Waals surface area (Å²) in [6, 6.07) is 0. The fourth-order valence-corrected chi connectivity index (χ4v) is 7.86. The van der Waals surface area contributed by atoms with E-state index in [4.69, 9.17) is 18.5 Å². The van der Waals surface area contributed by atoms with Crippen LogP contribution in [0.4, 0.5) is 0 Å². The number of likely N-dealkylation sites (N-methyl/N-ethyl adjacent to an activating group) is 1. The zero-order valence-corrected chi connectivity index (χ0v) is 49.3. The molecule has 10 heteroatoms. The summed E-state index contributed by atoms with van der Waals surface area (Å²) in [5.41, 5.74) is 0. The van der Waals surface area contributed by atoms with E-state index in [9.17, 15) is 19.0 Å². The molecular weight excluding hydrogens is 966 g/mol. The van der Waals surface area contributed by atoms with Gasteiger partial charge in [0.05, 0.1) is 27.7 Å². The number of rotatable bonds is 51. The van der Waals surface area contributed by atoms with E-state index in [2.05, 4.69) is 172 Å². The molecule has 2 atom stereocenters. The van der Waals surface area contributed by atoms with Gasteiger partial charge in [-0.25, -0.2) is 4.57 Å². The number of esters is 2. The maximum atomic E-state index is 12.8. The number of nitrogens with zero attached hydrogens (tertiary/aromatic N) is 1. The first-order valence-corrected chi connectivity index (χ1v) is 30.7. The number of unbranched alkanes of at least 4 members (excludes halogenated alkanes) is 11. The van der Waals surface area contributed by atoms with Gasteiger partial charge in [0.2, 0.25) is 0 Å². The Hall–Kier alpha value is -4.37. The quantitative estimate of drug-likeness (QED) is 0.0211. The van der Waals surface area contributed by atoms with Crippen molar-refractivity contribution in [2.75, 3.05) is 47.5 Å². The molecule has 0 aliphatic heterocycles. The van der Waals surface area contributed by atoms with Crippen molar-refractivity contribution in [2.24, 2.45) is 0 Å². The summed E-state index contributed by atoms with van der Waals surface area (Å²) < 4.78 is 34.5. The minimum atomic E-state index is -4.41. The second-order valence-electron chi connectivity index (χ2n) is 19.9. The van der Waals surface area contributed by atoms with Gasteiger partial charge in [0, 0.05) is 12.8 Å². The fourth-order valence-electron chi connectivity index (χ4n) is 7.11. The molecule has 0 aromatic heterocycles. The lowest BCUT2D eigenvalue weighted by Gasteiger charge is -2.24.